The molecule has 28 nitrogen and oxygen atoms in total. The third-order valence-electron chi connectivity index (χ3n) is 22.3. The zero-order chi connectivity index (χ0) is 84.7. The zero-order valence-corrected chi connectivity index (χ0v) is 75.2. The third-order valence-corrected chi connectivity index (χ3v) is 33.4. The van der Waals surface area contributed by atoms with Gasteiger partial charge in [-0.1, -0.05) is 131 Å². The van der Waals surface area contributed by atoms with Gasteiger partial charge in [-0.2, -0.15) is 25.3 Å². The molecule has 0 aliphatic carbocycles. The van der Waals surface area contributed by atoms with Crippen LogP contribution >= 0.6 is 15.8 Å². The fourth-order valence-corrected chi connectivity index (χ4v) is 28.0. The van der Waals surface area contributed by atoms with Crippen LogP contribution in [0.2, 0.25) is 0 Å². The second-order valence-electron chi connectivity index (χ2n) is 34.0. The van der Waals surface area contributed by atoms with Gasteiger partial charge in [-0.3, -0.25) is 8.37 Å². The van der Waals surface area contributed by atoms with Crippen molar-refractivity contribution in [3.8, 4) is 0 Å². The summed E-state index contributed by atoms with van der Waals surface area (Å²) in [5, 5.41) is 44.1. The number of ether oxygens (including phenoxy) is 14. The van der Waals surface area contributed by atoms with E-state index in [1.54, 1.807) is 76.4 Å². The van der Waals surface area contributed by atoms with E-state index in [4.69, 9.17) is 83.0 Å². The van der Waals surface area contributed by atoms with Crippen molar-refractivity contribution in [1.29, 1.82) is 0 Å². The van der Waals surface area contributed by atoms with Crippen LogP contribution in [0.3, 0.4) is 0 Å². The molecule has 0 radical (unpaired) electrons. The second-order valence-corrected chi connectivity index (χ2v) is 43.7. The van der Waals surface area contributed by atoms with Crippen LogP contribution in [0.4, 0.5) is 0 Å². The molecular weight excluding hydrogens is 1590 g/mol. The van der Waals surface area contributed by atoms with Crippen LogP contribution in [0, 0.1) is 13.8 Å². The fourth-order valence-electron chi connectivity index (χ4n) is 16.9. The zero-order valence-electron chi connectivity index (χ0n) is 71.0. The number of hydrogen-bond donors (Lipinski definition) is 4. The summed E-state index contributed by atoms with van der Waals surface area (Å²) in [5.41, 5.74) is 3.94. The van der Waals surface area contributed by atoms with Gasteiger partial charge in [0.15, 0.2) is 34.7 Å². The quantitative estimate of drug-likeness (QED) is 0.0368. The standard InChI is InChI=1S/C28H44O4P2.C23H30O10S2.C11H20O6S.C11H22O4.C9H14O4/c1-9-17-23-24(30-27(5,6)29-23)18(10-2)33(17)21-15-13-14-16-22(21)34-19(11-3)25-26(20(34)12-4)32-28(7,8)31-25;1-15-5-9-17(10-6-15)34(26,27)30-13-19(24)21-22(33-23(3,4)32-21)20(25)14-31-35(28,29)18-11-7-16(2)8-12-18;1-5-7-9-10(15-11(3,4)14-9)8(6-2)17-18(12,13)16-7;1-5-7(12)9-10(8(13)6-2)15-11(3,4)14-9;1-9(2)12-7(5-3-10-5)8(13-9)6-4-11-6/h13-20,23-26H,9-12H2,1-8H3;5-12,19-22,24-25H,13-14H2,1-4H3;7-10H,5-6H2,1-4H3;7-10,12-13H,5-6H2,1-4H3;5-8H,3-4H2,1-2H3/t17-,18-,19-,20-,23+,24+,25+,26+;19-,20-,21-,22-;2*7-,8-,9-,10-;5-,6-,7-,8-/m01111/s1. The molecule has 4 N–H and O–H groups in total. The largest absolute Gasteiger partial charge is 0.400 e. The molecule has 11 saturated heterocycles. The minimum atomic E-state index is -4.15. The van der Waals surface area contributed by atoms with Crippen LogP contribution < -0.4 is 10.6 Å². The lowest BCUT2D eigenvalue weighted by Crippen LogP contribution is -2.46. The maximum absolute atomic E-state index is 12.4. The van der Waals surface area contributed by atoms with E-state index in [9.17, 15) is 45.7 Å². The summed E-state index contributed by atoms with van der Waals surface area (Å²) >= 11 is 0. The van der Waals surface area contributed by atoms with Gasteiger partial charge in [0.2, 0.25) is 0 Å². The molecule has 0 saturated carbocycles. The van der Waals surface area contributed by atoms with Crippen LogP contribution in [-0.2, 0) is 114 Å². The van der Waals surface area contributed by atoms with E-state index in [-0.39, 0.29) is 74.5 Å². The number of benzene rings is 3. The van der Waals surface area contributed by atoms with E-state index in [2.05, 4.69) is 79.7 Å². The number of epoxide rings is 2. The van der Waals surface area contributed by atoms with Crippen LogP contribution in [0.5, 0.6) is 0 Å². The smallest absolute Gasteiger partial charge is 0.390 e. The van der Waals surface area contributed by atoms with E-state index in [0.29, 0.717) is 48.3 Å². The van der Waals surface area contributed by atoms with Gasteiger partial charge >= 0.3 is 10.4 Å². The van der Waals surface area contributed by atoms with Gasteiger partial charge in [0.05, 0.1) is 72.8 Å². The molecule has 0 aromatic heterocycles. The number of aryl methyl sites for hydroxylation is 2. The number of hydrogen-bond acceptors (Lipinski definition) is 28. The van der Waals surface area contributed by atoms with Crippen molar-refractivity contribution in [1.82, 2.24) is 0 Å². The van der Waals surface area contributed by atoms with E-state index in [1.165, 1.54) is 38.1 Å². The normalized spacial score (nSPS) is 36.8. The second kappa shape index (κ2) is 37.9. The Labute approximate surface area is 685 Å². The molecule has 0 amide bonds. The van der Waals surface area contributed by atoms with Gasteiger partial charge in [0, 0.05) is 22.6 Å². The predicted molar refractivity (Wildman–Crippen MR) is 431 cm³/mol. The van der Waals surface area contributed by atoms with Gasteiger partial charge in [0.25, 0.3) is 20.2 Å². The lowest BCUT2D eigenvalue weighted by Gasteiger charge is -2.36. The van der Waals surface area contributed by atoms with E-state index < -0.39 is 152 Å². The predicted octanol–water partition coefficient (Wildman–Crippen LogP) is 10.4. The van der Waals surface area contributed by atoms with Crippen LogP contribution in [-0.4, -0.2) is 252 Å². The Balaban J connectivity index is 0.000000161. The highest BCUT2D eigenvalue weighted by atomic mass is 32.3. The van der Waals surface area contributed by atoms with Crippen molar-refractivity contribution in [2.24, 2.45) is 0 Å². The van der Waals surface area contributed by atoms with Gasteiger partial charge in [0.1, 0.15) is 85.5 Å². The Morgan fingerprint density at radius 1 is 0.383 bits per heavy atom. The summed E-state index contributed by atoms with van der Waals surface area (Å²) in [6.45, 7) is 43.2. The number of fused-ring (bicyclic) bond motifs is 3. The lowest BCUT2D eigenvalue weighted by atomic mass is 10.0. The highest BCUT2D eigenvalue weighted by molar-refractivity contribution is 7.87. The summed E-state index contributed by atoms with van der Waals surface area (Å²) in [6, 6.07) is 21.4. The van der Waals surface area contributed by atoms with E-state index >= 15 is 0 Å². The first-order chi connectivity index (χ1) is 53.7. The molecule has 0 spiro atoms. The van der Waals surface area contributed by atoms with E-state index in [1.807, 2.05) is 41.5 Å². The van der Waals surface area contributed by atoms with Crippen molar-refractivity contribution in [2.75, 3.05) is 26.4 Å². The van der Waals surface area contributed by atoms with Crippen LogP contribution in [0.1, 0.15) is 201 Å². The molecule has 11 fully saturated rings. The Kier molecular flexibility index (Phi) is 31.2. The molecule has 11 aliphatic heterocycles. The topological polar surface area (TPSA) is 356 Å². The van der Waals surface area contributed by atoms with Gasteiger partial charge in [-0.25, -0.2) is 8.37 Å². The first-order valence-corrected chi connectivity index (χ1v) is 48.1. The minimum absolute atomic E-state index is 0.0718. The van der Waals surface area contributed by atoms with Crippen molar-refractivity contribution >= 4 is 57.1 Å². The highest BCUT2D eigenvalue weighted by Crippen LogP contribution is 2.66. The maximum Gasteiger partial charge on any atom is 0.400 e. The molecule has 24 atom stereocenters. The Morgan fingerprint density at radius 3 is 0.887 bits per heavy atom. The molecule has 11 heterocycles. The van der Waals surface area contributed by atoms with Crippen LogP contribution in [0.25, 0.3) is 0 Å². The molecule has 11 aliphatic rings. The highest BCUT2D eigenvalue weighted by Gasteiger charge is 2.62. The molecule has 3 aromatic carbocycles. The lowest BCUT2D eigenvalue weighted by molar-refractivity contribution is -0.162. The average Bonchev–Trinajstić information content (AvgIpc) is 1.56. The van der Waals surface area contributed by atoms with Gasteiger partial charge in [-0.05, 0) is 183 Å². The summed E-state index contributed by atoms with van der Waals surface area (Å²) in [6.07, 6.45) is -1.22. The van der Waals surface area contributed by atoms with Gasteiger partial charge in [-0.15, -0.1) is 0 Å². The average molecular weight is 1720 g/mol. The third kappa shape index (κ3) is 23.1. The molecule has 115 heavy (non-hydrogen) atoms. The maximum atomic E-state index is 12.4. The van der Waals surface area contributed by atoms with Crippen LogP contribution in [0.15, 0.2) is 82.6 Å². The Bertz CT molecular complexity index is 3710. The summed E-state index contributed by atoms with van der Waals surface area (Å²) in [7, 11) is -13.0. The first-order valence-electron chi connectivity index (χ1n) is 41.0. The molecule has 0 unspecified atom stereocenters. The van der Waals surface area contributed by atoms with Crippen molar-refractivity contribution in [2.45, 2.75) is 393 Å². The minimum Gasteiger partial charge on any atom is -0.390 e. The van der Waals surface area contributed by atoms with E-state index in [0.717, 1.165) is 50.0 Å². The molecule has 654 valence electrons. The molecule has 3 aromatic rings. The van der Waals surface area contributed by atoms with Gasteiger partial charge < -0.3 is 86.7 Å². The summed E-state index contributed by atoms with van der Waals surface area (Å²) in [5.74, 6) is -4.12. The first kappa shape index (κ1) is 94.7. The molecule has 14 rings (SSSR count). The fraction of sp³-hybridized carbons (Fsp3) is 0.780. The molecule has 0 bridgehead atoms. The number of aliphatic hydroxyl groups is 4. The summed E-state index contributed by atoms with van der Waals surface area (Å²) in [4.78, 5) is -0.156. The van der Waals surface area contributed by atoms with Crippen molar-refractivity contribution in [3.63, 3.8) is 0 Å². The Hall–Kier alpha value is -2.51. The monoisotopic (exact) mass is 1720 g/mol. The van der Waals surface area contributed by atoms with Crippen molar-refractivity contribution in [3.05, 3.63) is 83.9 Å². The number of aliphatic hydroxyl groups excluding tert-OH is 4. The molecular formula is C82H130O28P2S3. The molecule has 33 heteroatoms. The number of rotatable bonds is 24. The Morgan fingerprint density at radius 2 is 0.635 bits per heavy atom. The SMILES string of the molecule is CC1(C)O[C@H]([C@H]2CO2)[C@@H]([C@H]2CO2)O1.CC[C@@H](O)[C@H]1OC(C)(C)O[C@@H]1[C@H](O)CC.CC[C@H]1OS(=O)(=O)O[C@H](CC)[C@H]2OC(C)(C)O[C@@H]21.CC[C@H]1[C@H]2OC(C)(C)O[C@@H]2[C@H](CC)P1c1ccccc1P1[C@@H](CC)[C@H]2OC(C)(C)O[C@@H]2[C@@H]1CC.Cc1ccc(S(=O)(=O)OC[C@@H](O)[C@H]2OC(C)(C)O[C@@H]2[C@H](O)COS(=O)(=O)c2ccc(C)cc2)cc1. The summed E-state index contributed by atoms with van der Waals surface area (Å²) < 4.78 is 175. The van der Waals surface area contributed by atoms with Crippen molar-refractivity contribution < 1.29 is 129 Å².